The van der Waals surface area contributed by atoms with Gasteiger partial charge in [0, 0.05) is 37.2 Å². The Morgan fingerprint density at radius 3 is 2.65 bits per heavy atom. The Balaban J connectivity index is 1.66. The van der Waals surface area contributed by atoms with E-state index in [2.05, 4.69) is 25.7 Å². The number of aryl methyl sites for hydroxylation is 1. The third kappa shape index (κ3) is 6.80. The van der Waals surface area contributed by atoms with E-state index in [9.17, 15) is 22.8 Å². The monoisotopic (exact) mass is 480 g/mol. The number of aromatic nitrogens is 4. The van der Waals surface area contributed by atoms with Crippen LogP contribution in [0.4, 0.5) is 18.0 Å². The summed E-state index contributed by atoms with van der Waals surface area (Å²) < 4.78 is 48.1. The maximum Gasteiger partial charge on any atom is 0.422 e. The molecule has 0 aromatic carbocycles. The molecule has 0 fully saturated rings. The van der Waals surface area contributed by atoms with Crippen molar-refractivity contribution in [2.24, 2.45) is 0 Å². The second-order valence-electron chi connectivity index (χ2n) is 7.19. The lowest BCUT2D eigenvalue weighted by Crippen LogP contribution is -2.35. The molecule has 34 heavy (non-hydrogen) atoms. The van der Waals surface area contributed by atoms with E-state index in [1.807, 2.05) is 0 Å². The zero-order valence-corrected chi connectivity index (χ0v) is 18.5. The van der Waals surface area contributed by atoms with Crippen LogP contribution in [-0.2, 0) is 11.3 Å². The molecule has 0 bridgehead atoms. The number of alkyl carbamates (subject to hydrolysis) is 1. The number of hydrogen-bond donors (Lipinski definition) is 2. The zero-order chi connectivity index (χ0) is 24.7. The largest absolute Gasteiger partial charge is 0.468 e. The van der Waals surface area contributed by atoms with Crippen LogP contribution < -0.4 is 15.4 Å². The number of rotatable bonds is 9. The molecule has 13 heteroatoms. The van der Waals surface area contributed by atoms with E-state index in [-0.39, 0.29) is 37.8 Å². The fourth-order valence-corrected chi connectivity index (χ4v) is 3.06. The first kappa shape index (κ1) is 24.7. The maximum absolute atomic E-state index is 12.6. The predicted octanol–water partition coefficient (Wildman–Crippen LogP) is 2.60. The van der Waals surface area contributed by atoms with Crippen LogP contribution in [0.5, 0.6) is 5.88 Å². The van der Waals surface area contributed by atoms with Gasteiger partial charge in [0.25, 0.3) is 5.91 Å². The van der Waals surface area contributed by atoms with Gasteiger partial charge in [0.05, 0.1) is 24.1 Å². The summed E-state index contributed by atoms with van der Waals surface area (Å²) in [6.07, 6.45) is -0.491. The Hall–Kier alpha value is -3.90. The number of nitrogens with one attached hydrogen (secondary N) is 2. The minimum absolute atomic E-state index is 0.0905. The molecular weight excluding hydrogens is 457 g/mol. The van der Waals surface area contributed by atoms with Gasteiger partial charge < -0.3 is 20.1 Å². The lowest BCUT2D eigenvalue weighted by Gasteiger charge is -2.11. The first-order valence-electron chi connectivity index (χ1n) is 10.3. The number of ether oxygens (including phenoxy) is 2. The van der Waals surface area contributed by atoms with E-state index < -0.39 is 24.8 Å². The molecule has 3 aromatic rings. The molecule has 3 rings (SSSR count). The van der Waals surface area contributed by atoms with Crippen LogP contribution in [0.3, 0.4) is 0 Å². The molecule has 3 aromatic heterocycles. The van der Waals surface area contributed by atoms with Crippen molar-refractivity contribution in [2.75, 3.05) is 26.3 Å². The van der Waals surface area contributed by atoms with E-state index in [1.54, 1.807) is 36.9 Å². The summed E-state index contributed by atoms with van der Waals surface area (Å²) in [5.41, 5.74) is 1.86. The van der Waals surface area contributed by atoms with Gasteiger partial charge in [0.2, 0.25) is 5.88 Å². The molecule has 182 valence electrons. The molecule has 2 N–H and O–H groups in total. The molecule has 0 radical (unpaired) electrons. The maximum atomic E-state index is 12.6. The van der Waals surface area contributed by atoms with Crippen LogP contribution in [0.2, 0.25) is 0 Å². The molecule has 0 unspecified atom stereocenters. The van der Waals surface area contributed by atoms with Crippen molar-refractivity contribution in [3.8, 4) is 5.88 Å². The molecule has 0 atom stereocenters. The fraction of sp³-hybridized carbons (Fsp3) is 0.381. The van der Waals surface area contributed by atoms with E-state index in [1.165, 1.54) is 12.4 Å². The number of hydrogen-bond acceptors (Lipinski definition) is 7. The predicted molar refractivity (Wildman–Crippen MR) is 115 cm³/mol. The smallest absolute Gasteiger partial charge is 0.422 e. The van der Waals surface area contributed by atoms with Crippen molar-refractivity contribution in [3.05, 3.63) is 47.5 Å². The summed E-state index contributed by atoms with van der Waals surface area (Å²) in [5, 5.41) is 10.1. The lowest BCUT2D eigenvalue weighted by atomic mass is 10.2. The summed E-state index contributed by atoms with van der Waals surface area (Å²) in [7, 11) is 0. The zero-order valence-electron chi connectivity index (χ0n) is 18.5. The van der Waals surface area contributed by atoms with E-state index in [0.717, 1.165) is 0 Å². The average Bonchev–Trinajstić information content (AvgIpc) is 3.18. The highest BCUT2D eigenvalue weighted by atomic mass is 19.4. The standard InChI is InChI=1S/C21H23F3N6O4/c1-3-33-20(32)27-7-6-26-18(31)17-15-11-30(29-16(15)4-5-25-17)10-14-8-13(2)19(28-9-14)34-12-21(22,23)24/h4-5,8-9,11H,3,6-7,10,12H2,1-2H3,(H,26,31)(H,27,32). The highest BCUT2D eigenvalue weighted by Gasteiger charge is 2.29. The summed E-state index contributed by atoms with van der Waals surface area (Å²) in [5.74, 6) is -0.521. The van der Waals surface area contributed by atoms with Crippen LogP contribution in [0.15, 0.2) is 30.7 Å². The third-order valence-electron chi connectivity index (χ3n) is 4.46. The Kier molecular flexibility index (Phi) is 7.87. The number of nitrogens with zero attached hydrogens (tertiary/aromatic N) is 4. The average molecular weight is 480 g/mol. The molecule has 0 aliphatic heterocycles. The van der Waals surface area contributed by atoms with E-state index in [0.29, 0.717) is 22.0 Å². The Morgan fingerprint density at radius 1 is 1.18 bits per heavy atom. The number of pyridine rings is 2. The molecule has 2 amide bonds. The Bertz CT molecular complexity index is 1170. The number of carbonyl (C=O) groups excluding carboxylic acids is 2. The van der Waals surface area contributed by atoms with Gasteiger partial charge in [-0.25, -0.2) is 9.78 Å². The normalized spacial score (nSPS) is 11.3. The van der Waals surface area contributed by atoms with Crippen molar-refractivity contribution in [2.45, 2.75) is 26.6 Å². The van der Waals surface area contributed by atoms with Gasteiger partial charge in [0.15, 0.2) is 6.61 Å². The van der Waals surface area contributed by atoms with Crippen LogP contribution in [0, 0.1) is 6.92 Å². The van der Waals surface area contributed by atoms with Gasteiger partial charge in [-0.1, -0.05) is 0 Å². The SMILES string of the molecule is CCOC(=O)NCCNC(=O)c1nccc2nn(Cc3cnc(OCC(F)(F)F)c(C)c3)cc12. The minimum Gasteiger partial charge on any atom is -0.468 e. The van der Waals surface area contributed by atoms with Crippen molar-refractivity contribution in [1.82, 2.24) is 30.4 Å². The number of alkyl halides is 3. The van der Waals surface area contributed by atoms with Gasteiger partial charge in [-0.05, 0) is 31.5 Å². The van der Waals surface area contributed by atoms with Gasteiger partial charge in [0.1, 0.15) is 5.69 Å². The van der Waals surface area contributed by atoms with Crippen LogP contribution >= 0.6 is 0 Å². The summed E-state index contributed by atoms with van der Waals surface area (Å²) in [6, 6.07) is 3.32. The highest BCUT2D eigenvalue weighted by Crippen LogP contribution is 2.21. The number of halogens is 3. The van der Waals surface area contributed by atoms with Crippen molar-refractivity contribution in [3.63, 3.8) is 0 Å². The summed E-state index contributed by atoms with van der Waals surface area (Å²) in [6.45, 7) is 2.76. The minimum atomic E-state index is -4.45. The number of amides is 2. The van der Waals surface area contributed by atoms with Gasteiger partial charge in [-0.15, -0.1) is 0 Å². The second kappa shape index (κ2) is 10.8. The van der Waals surface area contributed by atoms with Crippen LogP contribution in [-0.4, -0.2) is 64.2 Å². The molecule has 0 saturated heterocycles. The molecule has 0 aliphatic carbocycles. The van der Waals surface area contributed by atoms with E-state index in [4.69, 9.17) is 9.47 Å². The Morgan fingerprint density at radius 2 is 1.94 bits per heavy atom. The lowest BCUT2D eigenvalue weighted by molar-refractivity contribution is -0.154. The van der Waals surface area contributed by atoms with Gasteiger partial charge in [-0.2, -0.15) is 18.3 Å². The summed E-state index contributed by atoms with van der Waals surface area (Å²) >= 11 is 0. The van der Waals surface area contributed by atoms with Crippen molar-refractivity contribution < 1.29 is 32.2 Å². The first-order chi connectivity index (χ1) is 16.2. The van der Waals surface area contributed by atoms with E-state index >= 15 is 0 Å². The highest BCUT2D eigenvalue weighted by molar-refractivity contribution is 6.04. The molecule has 0 spiro atoms. The second-order valence-corrected chi connectivity index (χ2v) is 7.19. The Labute approximate surface area is 192 Å². The topological polar surface area (TPSA) is 120 Å². The van der Waals surface area contributed by atoms with Crippen LogP contribution in [0.25, 0.3) is 10.9 Å². The fourth-order valence-electron chi connectivity index (χ4n) is 3.06. The molecular formula is C21H23F3N6O4. The summed E-state index contributed by atoms with van der Waals surface area (Å²) in [4.78, 5) is 31.9. The third-order valence-corrected chi connectivity index (χ3v) is 4.46. The van der Waals surface area contributed by atoms with Gasteiger partial charge >= 0.3 is 12.3 Å². The number of fused-ring (bicyclic) bond motifs is 1. The molecule has 0 aliphatic rings. The van der Waals surface area contributed by atoms with Gasteiger partial charge in [-0.3, -0.25) is 14.5 Å². The molecule has 0 saturated carbocycles. The number of carbonyl (C=O) groups is 2. The first-order valence-corrected chi connectivity index (χ1v) is 10.3. The quantitative estimate of drug-likeness (QED) is 0.452. The van der Waals surface area contributed by atoms with Crippen molar-refractivity contribution in [1.29, 1.82) is 0 Å². The van der Waals surface area contributed by atoms with Crippen molar-refractivity contribution >= 4 is 22.9 Å². The molecule has 10 nitrogen and oxygen atoms in total. The molecule has 3 heterocycles. The van der Waals surface area contributed by atoms with Crippen LogP contribution in [0.1, 0.15) is 28.5 Å².